The fraction of sp³-hybridized carbons (Fsp3) is 0.375. The van der Waals surface area contributed by atoms with Crippen molar-refractivity contribution in [2.45, 2.75) is 29.6 Å². The third-order valence-electron chi connectivity index (χ3n) is 4.12. The first kappa shape index (κ1) is 19.2. The van der Waals surface area contributed by atoms with Gasteiger partial charge in [-0.25, -0.2) is 13.4 Å². The summed E-state index contributed by atoms with van der Waals surface area (Å²) >= 11 is 2.66. The third-order valence-corrected chi connectivity index (χ3v) is 8.39. The number of hydrogen-bond acceptors (Lipinski definition) is 7. The molecule has 3 heterocycles. The summed E-state index contributed by atoms with van der Waals surface area (Å²) in [7, 11) is -3.77. The lowest BCUT2D eigenvalue weighted by Crippen LogP contribution is -2.39. The van der Waals surface area contributed by atoms with Crippen molar-refractivity contribution in [2.24, 2.45) is 0 Å². The number of thiophene rings is 1. The molecule has 2 N–H and O–H groups in total. The van der Waals surface area contributed by atoms with Crippen LogP contribution in [-0.2, 0) is 14.8 Å². The Labute approximate surface area is 160 Å². The maximum absolute atomic E-state index is 13.0. The van der Waals surface area contributed by atoms with Gasteiger partial charge in [0, 0.05) is 18.0 Å². The molecule has 1 aliphatic rings. The topological polar surface area (TPSA) is 99.6 Å². The third kappa shape index (κ3) is 3.74. The molecule has 1 fully saturated rings. The molecule has 0 radical (unpaired) electrons. The van der Waals surface area contributed by atoms with Crippen LogP contribution >= 0.6 is 22.7 Å². The highest BCUT2D eigenvalue weighted by Crippen LogP contribution is 2.35. The van der Waals surface area contributed by atoms with Crippen LogP contribution in [0.4, 0.5) is 0 Å². The van der Waals surface area contributed by atoms with E-state index < -0.39 is 16.1 Å². The van der Waals surface area contributed by atoms with Gasteiger partial charge < -0.3 is 10.4 Å². The van der Waals surface area contributed by atoms with Crippen LogP contribution in [0.15, 0.2) is 34.4 Å². The molecule has 0 aromatic carbocycles. The molecule has 1 saturated heterocycles. The first-order chi connectivity index (χ1) is 12.3. The summed E-state index contributed by atoms with van der Waals surface area (Å²) in [4.78, 5) is 16.7. The average Bonchev–Trinajstić information content (AvgIpc) is 3.33. The number of sulfonamides is 1. The van der Waals surface area contributed by atoms with E-state index in [-0.39, 0.29) is 29.3 Å². The van der Waals surface area contributed by atoms with E-state index in [0.717, 1.165) is 33.0 Å². The van der Waals surface area contributed by atoms with Crippen molar-refractivity contribution >= 4 is 38.6 Å². The highest BCUT2D eigenvalue weighted by Gasteiger charge is 2.41. The number of aliphatic hydroxyl groups excluding tert-OH is 1. The highest BCUT2D eigenvalue weighted by atomic mass is 32.2. The number of nitrogens with zero attached hydrogens (tertiary/aromatic N) is 2. The first-order valence-electron chi connectivity index (χ1n) is 7.93. The Morgan fingerprint density at radius 3 is 2.92 bits per heavy atom. The Morgan fingerprint density at radius 1 is 1.54 bits per heavy atom. The van der Waals surface area contributed by atoms with Crippen molar-refractivity contribution in [2.75, 3.05) is 13.2 Å². The van der Waals surface area contributed by atoms with Gasteiger partial charge >= 0.3 is 0 Å². The summed E-state index contributed by atoms with van der Waals surface area (Å²) in [5.74, 6) is -0.358. The zero-order valence-corrected chi connectivity index (χ0v) is 16.5. The molecule has 7 nitrogen and oxygen atoms in total. The molecular formula is C16H19N3O4S3. The van der Waals surface area contributed by atoms with Gasteiger partial charge in [0.1, 0.15) is 4.21 Å². The van der Waals surface area contributed by atoms with Gasteiger partial charge in [0.05, 0.1) is 28.2 Å². The summed E-state index contributed by atoms with van der Waals surface area (Å²) in [5.41, 5.74) is 0.759. The average molecular weight is 414 g/mol. The van der Waals surface area contributed by atoms with E-state index in [1.807, 2.05) is 12.3 Å². The minimum absolute atomic E-state index is 0.121. The van der Waals surface area contributed by atoms with Crippen LogP contribution in [0.25, 0.3) is 10.6 Å². The molecule has 2 unspecified atom stereocenters. The van der Waals surface area contributed by atoms with Gasteiger partial charge in [0.25, 0.3) is 10.0 Å². The number of rotatable bonds is 6. The van der Waals surface area contributed by atoms with Crippen molar-refractivity contribution in [1.82, 2.24) is 14.6 Å². The lowest BCUT2D eigenvalue weighted by Gasteiger charge is -2.21. The zero-order chi connectivity index (χ0) is 18.9. The maximum atomic E-state index is 13.0. The highest BCUT2D eigenvalue weighted by molar-refractivity contribution is 7.91. The molecule has 0 saturated carbocycles. The summed E-state index contributed by atoms with van der Waals surface area (Å²) < 4.78 is 27.5. The Hall–Kier alpha value is -1.59. The molecule has 10 heteroatoms. The van der Waals surface area contributed by atoms with Crippen LogP contribution < -0.4 is 5.32 Å². The molecule has 2 aromatic rings. The van der Waals surface area contributed by atoms with Crippen LogP contribution in [0, 0.1) is 6.92 Å². The number of aryl methyl sites for hydroxylation is 1. The second-order valence-corrected chi connectivity index (χ2v) is 10.2. The predicted octanol–water partition coefficient (Wildman–Crippen LogP) is 1.61. The quantitative estimate of drug-likeness (QED) is 0.701. The molecule has 140 valence electrons. The van der Waals surface area contributed by atoms with Gasteiger partial charge in [0.2, 0.25) is 5.91 Å². The standard InChI is InChI=1S/C16H19N3O4S3/c1-3-15(21)18-11-6-12(8-20)19(7-11)26(22,23)16-5-4-14(25-16)13-9-24-10(2)17-13/h3-5,9,11-12,20H,1,6-8H2,2H3,(H,18,21). The van der Waals surface area contributed by atoms with E-state index in [2.05, 4.69) is 16.9 Å². The summed E-state index contributed by atoms with van der Waals surface area (Å²) in [6.07, 6.45) is 1.51. The van der Waals surface area contributed by atoms with Crippen molar-refractivity contribution in [1.29, 1.82) is 0 Å². The Morgan fingerprint density at radius 2 is 2.31 bits per heavy atom. The van der Waals surface area contributed by atoms with Gasteiger partial charge in [-0.05, 0) is 31.6 Å². The minimum atomic E-state index is -3.77. The molecule has 1 amide bonds. The molecule has 2 aromatic heterocycles. The smallest absolute Gasteiger partial charge is 0.252 e. The van der Waals surface area contributed by atoms with Crippen molar-refractivity contribution in [3.8, 4) is 10.6 Å². The molecule has 2 atom stereocenters. The van der Waals surface area contributed by atoms with E-state index >= 15 is 0 Å². The van der Waals surface area contributed by atoms with E-state index in [1.54, 1.807) is 12.1 Å². The van der Waals surface area contributed by atoms with Crippen LogP contribution in [0.1, 0.15) is 11.4 Å². The molecule has 3 rings (SSSR count). The van der Waals surface area contributed by atoms with E-state index in [9.17, 15) is 18.3 Å². The van der Waals surface area contributed by atoms with Crippen LogP contribution in [0.5, 0.6) is 0 Å². The Balaban J connectivity index is 1.84. The molecule has 0 aliphatic carbocycles. The number of hydrogen-bond donors (Lipinski definition) is 2. The van der Waals surface area contributed by atoms with Gasteiger partial charge in [0.15, 0.2) is 0 Å². The van der Waals surface area contributed by atoms with Gasteiger partial charge in [-0.15, -0.1) is 22.7 Å². The number of aliphatic hydroxyl groups is 1. The first-order valence-corrected chi connectivity index (χ1v) is 11.1. The largest absolute Gasteiger partial charge is 0.395 e. The van der Waals surface area contributed by atoms with Gasteiger partial charge in [-0.3, -0.25) is 4.79 Å². The molecular weight excluding hydrogens is 394 g/mol. The minimum Gasteiger partial charge on any atom is -0.395 e. The molecule has 0 bridgehead atoms. The second kappa shape index (κ2) is 7.57. The van der Waals surface area contributed by atoms with Crippen molar-refractivity contribution in [3.05, 3.63) is 35.2 Å². The number of amides is 1. The lowest BCUT2D eigenvalue weighted by atomic mass is 10.2. The molecule has 26 heavy (non-hydrogen) atoms. The number of thiazole rings is 1. The second-order valence-electron chi connectivity index (χ2n) is 5.93. The SMILES string of the molecule is C=CC(=O)NC1CC(CO)N(S(=O)(=O)c2ccc(-c3csc(C)n3)s2)C1. The molecule has 0 spiro atoms. The lowest BCUT2D eigenvalue weighted by molar-refractivity contribution is -0.117. The molecule has 1 aliphatic heterocycles. The van der Waals surface area contributed by atoms with Crippen molar-refractivity contribution in [3.63, 3.8) is 0 Å². The normalized spacial score (nSPS) is 21.0. The van der Waals surface area contributed by atoms with Crippen LogP contribution in [0.2, 0.25) is 0 Å². The van der Waals surface area contributed by atoms with Crippen LogP contribution in [-0.4, -0.2) is 54.0 Å². The Bertz CT molecular complexity index is 919. The summed E-state index contributed by atoms with van der Waals surface area (Å²) in [6.45, 7) is 5.11. The van der Waals surface area contributed by atoms with Crippen molar-refractivity contribution < 1.29 is 18.3 Å². The maximum Gasteiger partial charge on any atom is 0.252 e. The number of carbonyl (C=O) groups excluding carboxylic acids is 1. The number of aromatic nitrogens is 1. The van der Waals surface area contributed by atoms with E-state index in [1.165, 1.54) is 15.6 Å². The zero-order valence-electron chi connectivity index (χ0n) is 14.1. The van der Waals surface area contributed by atoms with E-state index in [4.69, 9.17) is 0 Å². The van der Waals surface area contributed by atoms with E-state index in [0.29, 0.717) is 6.42 Å². The number of carbonyl (C=O) groups is 1. The van der Waals surface area contributed by atoms with Gasteiger partial charge in [-0.2, -0.15) is 4.31 Å². The fourth-order valence-electron chi connectivity index (χ4n) is 2.90. The summed E-state index contributed by atoms with van der Waals surface area (Å²) in [5, 5.41) is 15.1. The predicted molar refractivity (Wildman–Crippen MR) is 102 cm³/mol. The van der Waals surface area contributed by atoms with Crippen LogP contribution in [0.3, 0.4) is 0 Å². The Kier molecular flexibility index (Phi) is 5.58. The van der Waals surface area contributed by atoms with Gasteiger partial charge in [-0.1, -0.05) is 6.58 Å². The monoisotopic (exact) mass is 413 g/mol. The fourth-order valence-corrected chi connectivity index (χ4v) is 6.66. The summed E-state index contributed by atoms with van der Waals surface area (Å²) in [6, 6.07) is 2.39. The number of nitrogens with one attached hydrogen (secondary N) is 1.